The van der Waals surface area contributed by atoms with Gasteiger partial charge in [-0.15, -0.1) is 0 Å². The number of nitrogens with zero attached hydrogens (tertiary/aromatic N) is 3. The first-order valence-corrected chi connectivity index (χ1v) is 8.09. The second kappa shape index (κ2) is 7.98. The molecule has 0 aliphatic carbocycles. The summed E-state index contributed by atoms with van der Waals surface area (Å²) < 4.78 is 6.68. The summed E-state index contributed by atoms with van der Waals surface area (Å²) in [6.45, 7) is 3.33. The largest absolute Gasteiger partial charge is 0.449 e. The average Bonchev–Trinajstić information content (AvgIpc) is 2.87. The standard InChI is InChI=1S/C18H20ClN3O3/c1-12-15(10-11-16(23)25-13(2)18(24)21(3)4)17(19)22(20-12)14-8-6-5-7-9-14/h5-11,13H,1-4H3/b11-10+/t13-/m1/s1. The van der Waals surface area contributed by atoms with Gasteiger partial charge in [0, 0.05) is 25.7 Å². The van der Waals surface area contributed by atoms with Gasteiger partial charge in [-0.05, 0) is 32.1 Å². The number of aryl methyl sites for hydroxylation is 1. The van der Waals surface area contributed by atoms with Crippen LogP contribution < -0.4 is 0 Å². The van der Waals surface area contributed by atoms with E-state index in [0.717, 1.165) is 5.69 Å². The van der Waals surface area contributed by atoms with Crippen molar-refractivity contribution in [3.8, 4) is 5.69 Å². The van der Waals surface area contributed by atoms with Crippen molar-refractivity contribution >= 4 is 29.6 Å². The van der Waals surface area contributed by atoms with Crippen LogP contribution in [0.3, 0.4) is 0 Å². The van der Waals surface area contributed by atoms with Gasteiger partial charge in [0.05, 0.1) is 11.4 Å². The molecule has 0 N–H and O–H groups in total. The van der Waals surface area contributed by atoms with Gasteiger partial charge in [0.25, 0.3) is 5.91 Å². The number of likely N-dealkylation sites (N-methyl/N-ethyl adjacent to an activating group) is 1. The minimum Gasteiger partial charge on any atom is -0.449 e. The smallest absolute Gasteiger partial charge is 0.331 e. The van der Waals surface area contributed by atoms with Gasteiger partial charge < -0.3 is 9.64 Å². The van der Waals surface area contributed by atoms with Crippen LogP contribution in [0.1, 0.15) is 18.2 Å². The van der Waals surface area contributed by atoms with Crippen LogP contribution in [-0.4, -0.2) is 46.8 Å². The number of para-hydroxylation sites is 1. The molecule has 0 aliphatic heterocycles. The number of hydrogen-bond acceptors (Lipinski definition) is 4. The molecule has 0 unspecified atom stereocenters. The quantitative estimate of drug-likeness (QED) is 0.606. The first-order valence-electron chi connectivity index (χ1n) is 7.71. The van der Waals surface area contributed by atoms with Gasteiger partial charge in [0.2, 0.25) is 0 Å². The number of amides is 1. The highest BCUT2D eigenvalue weighted by Gasteiger charge is 2.18. The highest BCUT2D eigenvalue weighted by atomic mass is 35.5. The minimum atomic E-state index is -0.851. The molecule has 25 heavy (non-hydrogen) atoms. The molecule has 0 bridgehead atoms. The maximum absolute atomic E-state index is 11.9. The van der Waals surface area contributed by atoms with E-state index >= 15 is 0 Å². The van der Waals surface area contributed by atoms with Crippen molar-refractivity contribution in [3.05, 3.63) is 52.8 Å². The SMILES string of the molecule is Cc1nn(-c2ccccc2)c(Cl)c1/C=C/C(=O)O[C@H](C)C(=O)N(C)C. The molecule has 0 spiro atoms. The third-order valence-corrected chi connectivity index (χ3v) is 3.88. The zero-order chi connectivity index (χ0) is 18.6. The molecule has 0 saturated heterocycles. The normalized spacial score (nSPS) is 12.2. The fraction of sp³-hybridized carbons (Fsp3) is 0.278. The number of aromatic nitrogens is 2. The van der Waals surface area contributed by atoms with Crippen LogP contribution >= 0.6 is 11.6 Å². The van der Waals surface area contributed by atoms with Gasteiger partial charge in [-0.1, -0.05) is 29.8 Å². The molecule has 2 rings (SSSR count). The molecule has 0 radical (unpaired) electrons. The number of carbonyl (C=O) groups is 2. The maximum atomic E-state index is 11.9. The second-order valence-electron chi connectivity index (χ2n) is 5.68. The average molecular weight is 362 g/mol. The highest BCUT2D eigenvalue weighted by Crippen LogP contribution is 2.24. The van der Waals surface area contributed by atoms with E-state index in [9.17, 15) is 9.59 Å². The van der Waals surface area contributed by atoms with Crippen molar-refractivity contribution in [2.45, 2.75) is 20.0 Å². The Hall–Kier alpha value is -2.60. The van der Waals surface area contributed by atoms with Crippen LogP contribution in [0.4, 0.5) is 0 Å². The number of benzene rings is 1. The third kappa shape index (κ3) is 4.48. The number of esters is 1. The molecule has 1 aromatic carbocycles. The van der Waals surface area contributed by atoms with Crippen molar-refractivity contribution < 1.29 is 14.3 Å². The molecule has 1 amide bonds. The summed E-state index contributed by atoms with van der Waals surface area (Å²) in [7, 11) is 3.20. The van der Waals surface area contributed by atoms with Gasteiger partial charge in [-0.2, -0.15) is 5.10 Å². The topological polar surface area (TPSA) is 64.4 Å². The summed E-state index contributed by atoms with van der Waals surface area (Å²) in [6.07, 6.45) is 1.93. The van der Waals surface area contributed by atoms with Crippen LogP contribution in [-0.2, 0) is 14.3 Å². The van der Waals surface area contributed by atoms with Crippen LogP contribution in [0.15, 0.2) is 36.4 Å². The summed E-state index contributed by atoms with van der Waals surface area (Å²) in [4.78, 5) is 25.0. The molecule has 2 aromatic rings. The minimum absolute atomic E-state index is 0.284. The third-order valence-electron chi connectivity index (χ3n) is 3.52. The van der Waals surface area contributed by atoms with Crippen molar-refractivity contribution in [2.75, 3.05) is 14.1 Å². The molecule has 1 atom stereocenters. The van der Waals surface area contributed by atoms with Crippen molar-refractivity contribution in [1.82, 2.24) is 14.7 Å². The van der Waals surface area contributed by atoms with E-state index in [4.69, 9.17) is 16.3 Å². The number of rotatable bonds is 5. The maximum Gasteiger partial charge on any atom is 0.331 e. The fourth-order valence-corrected chi connectivity index (χ4v) is 2.55. The van der Waals surface area contributed by atoms with E-state index in [1.807, 2.05) is 30.3 Å². The molecule has 0 saturated carbocycles. The van der Waals surface area contributed by atoms with Crippen LogP contribution in [0.5, 0.6) is 0 Å². The van der Waals surface area contributed by atoms with Crippen LogP contribution in [0.2, 0.25) is 5.15 Å². The summed E-state index contributed by atoms with van der Waals surface area (Å²) >= 11 is 6.38. The monoisotopic (exact) mass is 361 g/mol. The number of halogens is 1. The Bertz CT molecular complexity index is 797. The summed E-state index contributed by atoms with van der Waals surface area (Å²) in [5.41, 5.74) is 2.12. The molecular weight excluding hydrogens is 342 g/mol. The molecule has 1 aromatic heterocycles. The van der Waals surface area contributed by atoms with Gasteiger partial charge in [0.15, 0.2) is 6.10 Å². The second-order valence-corrected chi connectivity index (χ2v) is 6.04. The molecular formula is C18H20ClN3O3. The first kappa shape index (κ1) is 18.7. The molecule has 1 heterocycles. The molecule has 0 fully saturated rings. The Morgan fingerprint density at radius 3 is 2.52 bits per heavy atom. The van der Waals surface area contributed by atoms with Gasteiger partial charge in [-0.25, -0.2) is 9.48 Å². The molecule has 6 nitrogen and oxygen atoms in total. The van der Waals surface area contributed by atoms with E-state index < -0.39 is 12.1 Å². The number of carbonyl (C=O) groups excluding carboxylic acids is 2. The Balaban J connectivity index is 2.15. The lowest BCUT2D eigenvalue weighted by Gasteiger charge is -2.16. The van der Waals surface area contributed by atoms with Crippen molar-refractivity contribution in [3.63, 3.8) is 0 Å². The fourth-order valence-electron chi connectivity index (χ4n) is 2.22. The zero-order valence-corrected chi connectivity index (χ0v) is 15.3. The van der Waals surface area contributed by atoms with E-state index in [2.05, 4.69) is 5.10 Å². The van der Waals surface area contributed by atoms with E-state index in [1.54, 1.807) is 31.8 Å². The van der Waals surface area contributed by atoms with Gasteiger partial charge in [0.1, 0.15) is 5.15 Å². The lowest BCUT2D eigenvalue weighted by molar-refractivity contribution is -0.153. The van der Waals surface area contributed by atoms with Crippen molar-refractivity contribution in [2.24, 2.45) is 0 Å². The van der Waals surface area contributed by atoms with E-state index in [1.165, 1.54) is 17.9 Å². The molecule has 0 aliphatic rings. The highest BCUT2D eigenvalue weighted by molar-refractivity contribution is 6.31. The summed E-state index contributed by atoms with van der Waals surface area (Å²) in [6, 6.07) is 9.45. The lowest BCUT2D eigenvalue weighted by Crippen LogP contribution is -2.34. The van der Waals surface area contributed by atoms with Gasteiger partial charge >= 0.3 is 5.97 Å². The predicted octanol–water partition coefficient (Wildman–Crippen LogP) is 2.87. The number of ether oxygens (including phenoxy) is 1. The lowest BCUT2D eigenvalue weighted by atomic mass is 10.2. The van der Waals surface area contributed by atoms with Crippen LogP contribution in [0.25, 0.3) is 11.8 Å². The predicted molar refractivity (Wildman–Crippen MR) is 96.6 cm³/mol. The molecule has 7 heteroatoms. The Labute approximate surface area is 151 Å². The summed E-state index contributed by atoms with van der Waals surface area (Å²) in [5, 5.41) is 4.78. The van der Waals surface area contributed by atoms with E-state index in [0.29, 0.717) is 16.4 Å². The zero-order valence-electron chi connectivity index (χ0n) is 14.6. The number of hydrogen-bond donors (Lipinski definition) is 0. The van der Waals surface area contributed by atoms with Crippen LogP contribution in [0, 0.1) is 6.92 Å². The van der Waals surface area contributed by atoms with E-state index in [-0.39, 0.29) is 5.91 Å². The van der Waals surface area contributed by atoms with Gasteiger partial charge in [-0.3, -0.25) is 4.79 Å². The first-order chi connectivity index (χ1) is 11.8. The molecule has 132 valence electrons. The Morgan fingerprint density at radius 2 is 1.92 bits per heavy atom. The Kier molecular flexibility index (Phi) is 5.98. The summed E-state index contributed by atoms with van der Waals surface area (Å²) in [5.74, 6) is -0.904. The van der Waals surface area contributed by atoms with Crippen molar-refractivity contribution in [1.29, 1.82) is 0 Å². The Morgan fingerprint density at radius 1 is 1.28 bits per heavy atom.